The van der Waals surface area contributed by atoms with Gasteiger partial charge in [-0.2, -0.15) is 4.98 Å². The molecule has 0 N–H and O–H groups in total. The van der Waals surface area contributed by atoms with Gasteiger partial charge in [-0.3, -0.25) is 23.1 Å². The van der Waals surface area contributed by atoms with Crippen LogP contribution in [0.5, 0.6) is 0 Å². The Kier molecular flexibility index (Phi) is 5.22. The Labute approximate surface area is 182 Å². The second kappa shape index (κ2) is 7.73. The number of carbonyl (C=O) groups excluding carboxylic acids is 1. The van der Waals surface area contributed by atoms with Crippen LogP contribution in [-0.4, -0.2) is 35.7 Å². The first-order valence-corrected chi connectivity index (χ1v) is 10.2. The van der Waals surface area contributed by atoms with Crippen molar-refractivity contribution in [1.82, 2.24) is 23.1 Å². The zero-order chi connectivity index (χ0) is 22.4. The number of imidazole rings is 2. The Balaban J connectivity index is 1.98. The molecule has 9 nitrogen and oxygen atoms in total. The van der Waals surface area contributed by atoms with Gasteiger partial charge in [0.15, 0.2) is 11.2 Å². The number of fused-ring (bicyclic) bond motifs is 3. The van der Waals surface area contributed by atoms with E-state index < -0.39 is 17.2 Å². The molecule has 4 aromatic rings. The third kappa shape index (κ3) is 3.34. The van der Waals surface area contributed by atoms with Crippen LogP contribution in [0.1, 0.15) is 23.9 Å². The van der Waals surface area contributed by atoms with Crippen LogP contribution in [0.15, 0.2) is 33.9 Å². The fourth-order valence-corrected chi connectivity index (χ4v) is 4.01. The van der Waals surface area contributed by atoms with Crippen molar-refractivity contribution in [2.45, 2.75) is 33.9 Å². The van der Waals surface area contributed by atoms with E-state index in [0.29, 0.717) is 10.8 Å². The number of nitrogens with zero attached hydrogens (tertiary/aromatic N) is 5. The maximum absolute atomic E-state index is 13.4. The van der Waals surface area contributed by atoms with Gasteiger partial charge < -0.3 is 9.30 Å². The van der Waals surface area contributed by atoms with Crippen molar-refractivity contribution in [3.63, 3.8) is 0 Å². The van der Waals surface area contributed by atoms with E-state index in [1.54, 1.807) is 47.2 Å². The number of carbonyl (C=O) groups is 1. The number of aromatic nitrogens is 5. The number of benzene rings is 1. The minimum absolute atomic E-state index is 0.0367. The molecule has 31 heavy (non-hydrogen) atoms. The van der Waals surface area contributed by atoms with Crippen molar-refractivity contribution < 1.29 is 9.53 Å². The fourth-order valence-electron chi connectivity index (χ4n) is 3.80. The standard InChI is InChI=1S/C21H22ClN5O4/c1-5-31-16(28)11-25-12(2)13(3)27-17-18(23-20(25)27)24(4)21(30)26(19(17)29)10-14-7-6-8-15(22)9-14/h6-9H,5,10-11H2,1-4H3. The molecule has 0 fully saturated rings. The van der Waals surface area contributed by atoms with Gasteiger partial charge in [0.2, 0.25) is 5.78 Å². The molecule has 0 aliphatic rings. The van der Waals surface area contributed by atoms with Crippen LogP contribution in [0.25, 0.3) is 16.9 Å². The monoisotopic (exact) mass is 443 g/mol. The number of hydrogen-bond donors (Lipinski definition) is 0. The van der Waals surface area contributed by atoms with E-state index in [2.05, 4.69) is 4.98 Å². The average molecular weight is 444 g/mol. The molecule has 162 valence electrons. The lowest BCUT2D eigenvalue weighted by Gasteiger charge is -2.09. The number of esters is 1. The van der Waals surface area contributed by atoms with Crippen molar-refractivity contribution in [3.05, 3.63) is 67.1 Å². The highest BCUT2D eigenvalue weighted by atomic mass is 35.5. The molecule has 0 radical (unpaired) electrons. The van der Waals surface area contributed by atoms with Crippen LogP contribution in [0.4, 0.5) is 0 Å². The lowest BCUT2D eigenvalue weighted by atomic mass is 10.2. The first-order chi connectivity index (χ1) is 14.7. The van der Waals surface area contributed by atoms with E-state index in [1.165, 1.54) is 9.13 Å². The normalized spacial score (nSPS) is 11.5. The largest absolute Gasteiger partial charge is 0.465 e. The molecule has 0 atom stereocenters. The van der Waals surface area contributed by atoms with Crippen LogP contribution < -0.4 is 11.2 Å². The Morgan fingerprint density at radius 3 is 2.58 bits per heavy atom. The molecule has 0 unspecified atom stereocenters. The highest BCUT2D eigenvalue weighted by molar-refractivity contribution is 6.30. The minimum atomic E-state index is -0.482. The summed E-state index contributed by atoms with van der Waals surface area (Å²) >= 11 is 6.06. The van der Waals surface area contributed by atoms with E-state index in [4.69, 9.17) is 16.3 Å². The third-order valence-electron chi connectivity index (χ3n) is 5.45. The second-order valence-electron chi connectivity index (χ2n) is 7.34. The molecule has 1 aromatic carbocycles. The molecule has 0 saturated carbocycles. The Morgan fingerprint density at radius 1 is 1.16 bits per heavy atom. The number of aryl methyl sites for hydroxylation is 2. The summed E-state index contributed by atoms with van der Waals surface area (Å²) in [5, 5.41) is 0.526. The molecule has 4 rings (SSSR count). The highest BCUT2D eigenvalue weighted by Gasteiger charge is 2.23. The summed E-state index contributed by atoms with van der Waals surface area (Å²) in [4.78, 5) is 43.0. The maximum Gasteiger partial charge on any atom is 0.332 e. The van der Waals surface area contributed by atoms with Gasteiger partial charge in [-0.15, -0.1) is 0 Å². The molecular formula is C21H22ClN5O4. The Bertz CT molecular complexity index is 1460. The lowest BCUT2D eigenvalue weighted by molar-refractivity contribution is -0.143. The highest BCUT2D eigenvalue weighted by Crippen LogP contribution is 2.21. The van der Waals surface area contributed by atoms with E-state index in [1.807, 2.05) is 13.8 Å². The molecule has 0 spiro atoms. The zero-order valence-electron chi connectivity index (χ0n) is 17.7. The fraction of sp³-hybridized carbons (Fsp3) is 0.333. The van der Waals surface area contributed by atoms with Crippen molar-refractivity contribution in [2.24, 2.45) is 7.05 Å². The summed E-state index contributed by atoms with van der Waals surface area (Å²) in [7, 11) is 1.57. The van der Waals surface area contributed by atoms with Gasteiger partial charge in [0.25, 0.3) is 5.56 Å². The van der Waals surface area contributed by atoms with Crippen molar-refractivity contribution in [1.29, 1.82) is 0 Å². The summed E-state index contributed by atoms with van der Waals surface area (Å²) in [5.41, 5.74) is 1.88. The Hall–Kier alpha value is -3.33. The van der Waals surface area contributed by atoms with Crippen molar-refractivity contribution in [2.75, 3.05) is 6.61 Å². The minimum Gasteiger partial charge on any atom is -0.465 e. The van der Waals surface area contributed by atoms with E-state index in [9.17, 15) is 14.4 Å². The van der Waals surface area contributed by atoms with Gasteiger partial charge in [0.05, 0.1) is 13.2 Å². The van der Waals surface area contributed by atoms with Gasteiger partial charge >= 0.3 is 11.7 Å². The molecule has 3 heterocycles. The topological polar surface area (TPSA) is 92.5 Å². The van der Waals surface area contributed by atoms with Gasteiger partial charge in [-0.05, 0) is 38.5 Å². The van der Waals surface area contributed by atoms with Crippen LogP contribution in [0, 0.1) is 13.8 Å². The van der Waals surface area contributed by atoms with E-state index >= 15 is 0 Å². The molecule has 10 heteroatoms. The van der Waals surface area contributed by atoms with Gasteiger partial charge in [0.1, 0.15) is 6.54 Å². The Morgan fingerprint density at radius 2 is 1.90 bits per heavy atom. The zero-order valence-corrected chi connectivity index (χ0v) is 18.4. The third-order valence-corrected chi connectivity index (χ3v) is 5.69. The predicted octanol–water partition coefficient (Wildman–Crippen LogP) is 2.03. The number of rotatable bonds is 5. The molecule has 0 amide bonds. The molecular weight excluding hydrogens is 422 g/mol. The molecule has 0 aliphatic carbocycles. The second-order valence-corrected chi connectivity index (χ2v) is 7.78. The summed E-state index contributed by atoms with van der Waals surface area (Å²) in [6, 6.07) is 7.02. The summed E-state index contributed by atoms with van der Waals surface area (Å²) in [5.74, 6) is 0.00747. The van der Waals surface area contributed by atoms with Crippen molar-refractivity contribution in [3.8, 4) is 0 Å². The number of halogens is 1. The van der Waals surface area contributed by atoms with Gasteiger partial charge in [0, 0.05) is 23.5 Å². The number of ether oxygens (including phenoxy) is 1. The summed E-state index contributed by atoms with van der Waals surface area (Å²) in [6.45, 7) is 5.75. The van der Waals surface area contributed by atoms with E-state index in [-0.39, 0.29) is 30.9 Å². The van der Waals surface area contributed by atoms with E-state index in [0.717, 1.165) is 17.0 Å². The van der Waals surface area contributed by atoms with Crippen LogP contribution in [0.3, 0.4) is 0 Å². The maximum atomic E-state index is 13.4. The smallest absolute Gasteiger partial charge is 0.332 e. The predicted molar refractivity (Wildman–Crippen MR) is 117 cm³/mol. The van der Waals surface area contributed by atoms with Crippen LogP contribution >= 0.6 is 11.6 Å². The van der Waals surface area contributed by atoms with Crippen LogP contribution in [0.2, 0.25) is 5.02 Å². The first kappa shape index (κ1) is 20.9. The molecule has 0 bridgehead atoms. The average Bonchev–Trinajstić information content (AvgIpc) is 3.22. The molecule has 3 aromatic heterocycles. The number of hydrogen-bond acceptors (Lipinski definition) is 5. The lowest BCUT2D eigenvalue weighted by Crippen LogP contribution is -2.39. The quantitative estimate of drug-likeness (QED) is 0.440. The van der Waals surface area contributed by atoms with Crippen molar-refractivity contribution >= 4 is 34.5 Å². The van der Waals surface area contributed by atoms with Gasteiger partial charge in [-0.25, -0.2) is 4.79 Å². The van der Waals surface area contributed by atoms with Gasteiger partial charge in [-0.1, -0.05) is 23.7 Å². The first-order valence-electron chi connectivity index (χ1n) is 9.82. The molecule has 0 aliphatic heterocycles. The SMILES string of the molecule is CCOC(=O)Cn1c(C)c(C)n2c3c(=O)n(Cc4cccc(Cl)c4)c(=O)n(C)c3nc12. The summed E-state index contributed by atoms with van der Waals surface area (Å²) < 4.78 is 11.0. The molecule has 0 saturated heterocycles. The van der Waals surface area contributed by atoms with Crippen LogP contribution in [-0.2, 0) is 29.7 Å². The summed E-state index contributed by atoms with van der Waals surface area (Å²) in [6.07, 6.45) is 0.